The van der Waals surface area contributed by atoms with Crippen molar-refractivity contribution < 1.29 is 0 Å². The van der Waals surface area contributed by atoms with Crippen molar-refractivity contribution in [1.82, 2.24) is 10.2 Å². The summed E-state index contributed by atoms with van der Waals surface area (Å²) in [4.78, 5) is 0. The summed E-state index contributed by atoms with van der Waals surface area (Å²) in [6.07, 6.45) is 12.0. The van der Waals surface area contributed by atoms with E-state index in [2.05, 4.69) is 36.3 Å². The van der Waals surface area contributed by atoms with Crippen molar-refractivity contribution in [2.75, 3.05) is 11.9 Å². The van der Waals surface area contributed by atoms with Crippen LogP contribution < -0.4 is 5.32 Å². The van der Waals surface area contributed by atoms with Gasteiger partial charge in [0, 0.05) is 13.0 Å². The van der Waals surface area contributed by atoms with E-state index in [1.54, 1.807) is 11.3 Å². The summed E-state index contributed by atoms with van der Waals surface area (Å²) in [7, 11) is 0. The number of hydrogen-bond donors (Lipinski definition) is 1. The molecule has 1 aromatic rings. The molecule has 116 valence electrons. The van der Waals surface area contributed by atoms with Crippen LogP contribution in [0.1, 0.15) is 77.1 Å². The Morgan fingerprint density at radius 3 is 2.25 bits per heavy atom. The van der Waals surface area contributed by atoms with Gasteiger partial charge in [0.05, 0.1) is 0 Å². The van der Waals surface area contributed by atoms with E-state index < -0.39 is 0 Å². The van der Waals surface area contributed by atoms with Crippen molar-refractivity contribution in [3.05, 3.63) is 5.01 Å². The maximum absolute atomic E-state index is 4.22. The minimum Gasteiger partial charge on any atom is -0.360 e. The topological polar surface area (TPSA) is 37.8 Å². The van der Waals surface area contributed by atoms with E-state index in [1.807, 2.05) is 0 Å². The lowest BCUT2D eigenvalue weighted by Gasteiger charge is -2.02. The van der Waals surface area contributed by atoms with Gasteiger partial charge in [0.15, 0.2) is 0 Å². The highest BCUT2D eigenvalue weighted by Crippen LogP contribution is 2.18. The third-order valence-electron chi connectivity index (χ3n) is 3.36. The fourth-order valence-electron chi connectivity index (χ4n) is 2.21. The summed E-state index contributed by atoms with van der Waals surface area (Å²) in [5.74, 6) is 0.656. The van der Waals surface area contributed by atoms with Crippen molar-refractivity contribution in [2.24, 2.45) is 5.92 Å². The molecule has 0 aromatic carbocycles. The Hall–Kier alpha value is -0.640. The molecule has 4 heteroatoms. The van der Waals surface area contributed by atoms with E-state index in [1.165, 1.54) is 51.4 Å². The van der Waals surface area contributed by atoms with Gasteiger partial charge in [-0.2, -0.15) is 0 Å². The van der Waals surface area contributed by atoms with E-state index in [-0.39, 0.29) is 0 Å². The molecule has 0 aliphatic heterocycles. The molecule has 0 atom stereocenters. The van der Waals surface area contributed by atoms with Gasteiger partial charge in [0.1, 0.15) is 5.01 Å². The average Bonchev–Trinajstić information content (AvgIpc) is 2.83. The average molecular weight is 298 g/mol. The molecule has 1 N–H and O–H groups in total. The molecule has 0 saturated carbocycles. The van der Waals surface area contributed by atoms with Crippen molar-refractivity contribution in [3.8, 4) is 0 Å². The van der Waals surface area contributed by atoms with Gasteiger partial charge < -0.3 is 5.32 Å². The zero-order valence-electron chi connectivity index (χ0n) is 13.5. The molecule has 0 aliphatic carbocycles. The predicted molar refractivity (Wildman–Crippen MR) is 89.6 cm³/mol. The highest BCUT2D eigenvalue weighted by molar-refractivity contribution is 7.15. The van der Waals surface area contributed by atoms with Gasteiger partial charge in [0.25, 0.3) is 0 Å². The van der Waals surface area contributed by atoms with Gasteiger partial charge in [0.2, 0.25) is 5.13 Å². The van der Waals surface area contributed by atoms with Crippen LogP contribution in [-0.2, 0) is 6.42 Å². The van der Waals surface area contributed by atoms with Crippen LogP contribution in [0.4, 0.5) is 5.13 Å². The van der Waals surface area contributed by atoms with E-state index in [9.17, 15) is 0 Å². The molecule has 20 heavy (non-hydrogen) atoms. The number of hydrogen-bond acceptors (Lipinski definition) is 4. The molecule has 0 aliphatic rings. The second-order valence-electron chi connectivity index (χ2n) is 6.00. The van der Waals surface area contributed by atoms with Crippen molar-refractivity contribution >= 4 is 16.5 Å². The van der Waals surface area contributed by atoms with Crippen LogP contribution in [0, 0.1) is 5.92 Å². The van der Waals surface area contributed by atoms with Gasteiger partial charge in [-0.1, -0.05) is 77.1 Å². The van der Waals surface area contributed by atoms with Crippen molar-refractivity contribution in [3.63, 3.8) is 0 Å². The first-order chi connectivity index (χ1) is 9.72. The third kappa shape index (κ3) is 8.51. The molecule has 1 heterocycles. The van der Waals surface area contributed by atoms with Crippen LogP contribution in [0.15, 0.2) is 0 Å². The number of nitrogens with one attached hydrogen (secondary N) is 1. The second-order valence-corrected chi connectivity index (χ2v) is 7.06. The Morgan fingerprint density at radius 2 is 1.60 bits per heavy atom. The number of anilines is 1. The molecular weight excluding hydrogens is 266 g/mol. The summed E-state index contributed by atoms with van der Waals surface area (Å²) in [6, 6.07) is 0. The first kappa shape index (κ1) is 17.4. The van der Waals surface area contributed by atoms with E-state index >= 15 is 0 Å². The van der Waals surface area contributed by atoms with Crippen LogP contribution in [0.25, 0.3) is 0 Å². The van der Waals surface area contributed by atoms with Crippen LogP contribution >= 0.6 is 11.3 Å². The predicted octanol–water partition coefficient (Wildman–Crippen LogP) is 5.29. The fraction of sp³-hybridized carbons (Fsp3) is 0.875. The van der Waals surface area contributed by atoms with E-state index in [0.29, 0.717) is 5.92 Å². The van der Waals surface area contributed by atoms with E-state index in [0.717, 1.165) is 23.1 Å². The first-order valence-corrected chi connectivity index (χ1v) is 9.10. The maximum Gasteiger partial charge on any atom is 0.205 e. The summed E-state index contributed by atoms with van der Waals surface area (Å²) in [5.41, 5.74) is 0. The largest absolute Gasteiger partial charge is 0.360 e. The van der Waals surface area contributed by atoms with Gasteiger partial charge in [-0.25, -0.2) is 0 Å². The van der Waals surface area contributed by atoms with Gasteiger partial charge in [-0.15, -0.1) is 10.2 Å². The minimum absolute atomic E-state index is 0.656. The molecule has 0 amide bonds. The van der Waals surface area contributed by atoms with Crippen molar-refractivity contribution in [1.29, 1.82) is 0 Å². The smallest absolute Gasteiger partial charge is 0.205 e. The third-order valence-corrected chi connectivity index (χ3v) is 4.26. The summed E-state index contributed by atoms with van der Waals surface area (Å²) < 4.78 is 0. The Bertz CT molecular complexity index is 336. The number of unbranched alkanes of at least 4 members (excludes halogenated alkanes) is 7. The van der Waals surface area contributed by atoms with Crippen LogP contribution in [-0.4, -0.2) is 16.7 Å². The molecule has 0 bridgehead atoms. The molecule has 3 nitrogen and oxygen atoms in total. The lowest BCUT2D eigenvalue weighted by Crippen LogP contribution is -2.00. The van der Waals surface area contributed by atoms with Gasteiger partial charge >= 0.3 is 0 Å². The lowest BCUT2D eigenvalue weighted by molar-refractivity contribution is 0.581. The van der Waals surface area contributed by atoms with Crippen molar-refractivity contribution in [2.45, 2.75) is 78.6 Å². The van der Waals surface area contributed by atoms with Gasteiger partial charge in [-0.3, -0.25) is 0 Å². The summed E-state index contributed by atoms with van der Waals surface area (Å²) in [5, 5.41) is 13.9. The van der Waals surface area contributed by atoms with Crippen LogP contribution in [0.5, 0.6) is 0 Å². The first-order valence-electron chi connectivity index (χ1n) is 8.28. The zero-order valence-corrected chi connectivity index (χ0v) is 14.3. The molecule has 0 radical (unpaired) electrons. The number of rotatable bonds is 12. The quantitative estimate of drug-likeness (QED) is 0.533. The monoisotopic (exact) mass is 297 g/mol. The zero-order chi connectivity index (χ0) is 14.6. The standard InChI is InChI=1S/C16H31N3S/c1-4-5-6-7-8-9-10-11-12-17-16-19-18-15(20-16)13-14(2)3/h14H,4-13H2,1-3H3,(H,17,19). The van der Waals surface area contributed by atoms with Gasteiger partial charge in [-0.05, 0) is 12.3 Å². The maximum atomic E-state index is 4.22. The minimum atomic E-state index is 0.656. The molecular formula is C16H31N3S. The highest BCUT2D eigenvalue weighted by atomic mass is 32.1. The molecule has 0 saturated heterocycles. The highest BCUT2D eigenvalue weighted by Gasteiger charge is 2.05. The number of nitrogens with zero attached hydrogens (tertiary/aromatic N) is 2. The molecule has 1 aromatic heterocycles. The molecule has 0 fully saturated rings. The lowest BCUT2D eigenvalue weighted by atomic mass is 10.1. The van der Waals surface area contributed by atoms with Crippen LogP contribution in [0.3, 0.4) is 0 Å². The Balaban J connectivity index is 1.97. The van der Waals surface area contributed by atoms with E-state index in [4.69, 9.17) is 0 Å². The normalized spacial score (nSPS) is 11.2. The molecule has 0 spiro atoms. The molecule has 1 rings (SSSR count). The number of aromatic nitrogens is 2. The Kier molecular flexibility index (Phi) is 9.63. The Labute approximate surface area is 128 Å². The fourth-order valence-corrected chi connectivity index (χ4v) is 3.19. The summed E-state index contributed by atoms with van der Waals surface area (Å²) >= 11 is 1.71. The second kappa shape index (κ2) is 11.1. The van der Waals surface area contributed by atoms with Crippen LogP contribution in [0.2, 0.25) is 0 Å². The Morgan fingerprint density at radius 1 is 0.950 bits per heavy atom. The molecule has 0 unspecified atom stereocenters. The summed E-state index contributed by atoms with van der Waals surface area (Å²) in [6.45, 7) is 7.74. The SMILES string of the molecule is CCCCCCCCCCNc1nnc(CC(C)C)s1.